The van der Waals surface area contributed by atoms with Gasteiger partial charge in [0.15, 0.2) is 11.0 Å². The number of thioether (sulfide) groups is 1. The Balaban J connectivity index is 1.71. The molecule has 0 saturated heterocycles. The second kappa shape index (κ2) is 12.9. The maximum absolute atomic E-state index is 13.0. The third-order valence-electron chi connectivity index (χ3n) is 5.35. The summed E-state index contributed by atoms with van der Waals surface area (Å²) in [6.45, 7) is 12.8. The number of hydrogen-bond donors (Lipinski definition) is 2. The Morgan fingerprint density at radius 3 is 2.56 bits per heavy atom. The summed E-state index contributed by atoms with van der Waals surface area (Å²) in [7, 11) is 0. The van der Waals surface area contributed by atoms with E-state index in [1.165, 1.54) is 11.8 Å². The van der Waals surface area contributed by atoms with Crippen LogP contribution >= 0.6 is 11.8 Å². The number of ether oxygens (including phenoxy) is 1. The lowest BCUT2D eigenvalue weighted by Crippen LogP contribution is -2.34. The Morgan fingerprint density at radius 1 is 1.17 bits per heavy atom. The van der Waals surface area contributed by atoms with Gasteiger partial charge in [-0.3, -0.25) is 9.59 Å². The van der Waals surface area contributed by atoms with Gasteiger partial charge in [-0.25, -0.2) is 0 Å². The molecular weight excluding hydrogens is 474 g/mol. The van der Waals surface area contributed by atoms with E-state index in [2.05, 4.69) is 27.4 Å². The van der Waals surface area contributed by atoms with Crippen molar-refractivity contribution in [1.29, 1.82) is 0 Å². The van der Waals surface area contributed by atoms with E-state index in [1.54, 1.807) is 24.3 Å². The Labute approximate surface area is 216 Å². The molecule has 0 radical (unpaired) electrons. The number of carbonyl (C=O) groups excluding carboxylic acids is 2. The van der Waals surface area contributed by atoms with Crippen LogP contribution in [-0.4, -0.2) is 38.9 Å². The maximum Gasteiger partial charge on any atom is 0.251 e. The van der Waals surface area contributed by atoms with Crippen LogP contribution in [0.25, 0.3) is 0 Å². The van der Waals surface area contributed by atoms with Gasteiger partial charge in [-0.05, 0) is 56.2 Å². The lowest BCUT2D eigenvalue weighted by atomic mass is 10.0. The number of rotatable bonds is 12. The Bertz CT molecular complexity index is 1190. The number of nitrogens with zero attached hydrogens (tertiary/aromatic N) is 3. The van der Waals surface area contributed by atoms with Crippen molar-refractivity contribution in [2.24, 2.45) is 5.92 Å². The van der Waals surface area contributed by atoms with Crippen molar-refractivity contribution in [3.05, 3.63) is 78.1 Å². The highest BCUT2D eigenvalue weighted by Gasteiger charge is 2.26. The van der Waals surface area contributed by atoms with Crippen molar-refractivity contribution in [3.8, 4) is 5.75 Å². The number of allylic oxidation sites excluding steroid dienone is 1. The molecule has 0 saturated carbocycles. The van der Waals surface area contributed by atoms with Crippen LogP contribution in [0.3, 0.4) is 0 Å². The van der Waals surface area contributed by atoms with E-state index in [0.29, 0.717) is 35.4 Å². The molecule has 2 N–H and O–H groups in total. The molecule has 1 heterocycles. The molecule has 3 aromatic rings. The molecule has 0 aliphatic heterocycles. The van der Waals surface area contributed by atoms with Crippen LogP contribution in [0.2, 0.25) is 0 Å². The van der Waals surface area contributed by atoms with E-state index < -0.39 is 0 Å². The molecule has 2 aromatic carbocycles. The number of aryl methyl sites for hydroxylation is 1. The van der Waals surface area contributed by atoms with Gasteiger partial charge in [0.05, 0.1) is 18.4 Å². The molecule has 0 spiro atoms. The summed E-state index contributed by atoms with van der Waals surface area (Å²) >= 11 is 1.28. The van der Waals surface area contributed by atoms with Crippen molar-refractivity contribution in [1.82, 2.24) is 20.1 Å². The zero-order valence-electron chi connectivity index (χ0n) is 21.2. The van der Waals surface area contributed by atoms with E-state index in [4.69, 9.17) is 4.74 Å². The van der Waals surface area contributed by atoms with Gasteiger partial charge in [0.1, 0.15) is 5.75 Å². The molecule has 9 heteroatoms. The van der Waals surface area contributed by atoms with Gasteiger partial charge < -0.3 is 19.9 Å². The van der Waals surface area contributed by atoms with Crippen molar-refractivity contribution < 1.29 is 14.3 Å². The highest BCUT2D eigenvalue weighted by atomic mass is 32.2. The van der Waals surface area contributed by atoms with Gasteiger partial charge in [0.25, 0.3) is 5.91 Å². The summed E-state index contributed by atoms with van der Waals surface area (Å²) in [5, 5.41) is 15.3. The van der Waals surface area contributed by atoms with Crippen LogP contribution in [-0.2, 0) is 11.3 Å². The van der Waals surface area contributed by atoms with Crippen molar-refractivity contribution >= 4 is 29.3 Å². The van der Waals surface area contributed by atoms with E-state index in [1.807, 2.05) is 62.6 Å². The second-order valence-corrected chi connectivity index (χ2v) is 9.54. The van der Waals surface area contributed by atoms with Gasteiger partial charge in [-0.2, -0.15) is 0 Å². The molecule has 1 atom stereocenters. The molecular formula is C27H33N5O3S. The molecule has 0 aliphatic carbocycles. The zero-order chi connectivity index (χ0) is 26.1. The van der Waals surface area contributed by atoms with Gasteiger partial charge >= 0.3 is 0 Å². The highest BCUT2D eigenvalue weighted by Crippen LogP contribution is 2.26. The van der Waals surface area contributed by atoms with Gasteiger partial charge in [0.2, 0.25) is 5.91 Å². The minimum absolute atomic E-state index is 0.0623. The van der Waals surface area contributed by atoms with Gasteiger partial charge in [0, 0.05) is 17.8 Å². The molecule has 36 heavy (non-hydrogen) atoms. The van der Waals surface area contributed by atoms with Crippen LogP contribution in [0.15, 0.2) is 66.3 Å². The fourth-order valence-electron chi connectivity index (χ4n) is 3.61. The highest BCUT2D eigenvalue weighted by molar-refractivity contribution is 7.99. The quantitative estimate of drug-likeness (QED) is 0.264. The van der Waals surface area contributed by atoms with E-state index in [-0.39, 0.29) is 29.5 Å². The third kappa shape index (κ3) is 7.21. The lowest BCUT2D eigenvalue weighted by Gasteiger charge is -2.22. The average molecular weight is 508 g/mol. The standard InChI is InChI=1S/C27H33N5O3S/c1-6-15-32-25(24(18(3)4)29-26(34)20-10-8-9-19(5)16-20)30-31-27(32)36-17-23(33)28-21-11-13-22(14-12-21)35-7-2/h6,8-14,16,18,24H,1,7,15,17H2,2-5H3,(H,28,33)(H,29,34)/t24-/m0/s1. The SMILES string of the molecule is C=CCn1c(SCC(=O)Nc2ccc(OCC)cc2)nnc1[C@@H](NC(=O)c1cccc(C)c1)C(C)C. The van der Waals surface area contributed by atoms with Crippen molar-refractivity contribution in [2.45, 2.75) is 45.4 Å². The van der Waals surface area contributed by atoms with Crippen LogP contribution in [0.5, 0.6) is 5.75 Å². The largest absolute Gasteiger partial charge is 0.494 e. The molecule has 0 unspecified atom stereocenters. The Kier molecular flexibility index (Phi) is 9.69. The number of hydrogen-bond acceptors (Lipinski definition) is 6. The van der Waals surface area contributed by atoms with E-state index >= 15 is 0 Å². The summed E-state index contributed by atoms with van der Waals surface area (Å²) in [6, 6.07) is 14.3. The summed E-state index contributed by atoms with van der Waals surface area (Å²) in [5.41, 5.74) is 2.30. The van der Waals surface area contributed by atoms with Gasteiger partial charge in [-0.1, -0.05) is 49.4 Å². The number of aromatic nitrogens is 3. The monoisotopic (exact) mass is 507 g/mol. The summed E-state index contributed by atoms with van der Waals surface area (Å²) in [6.07, 6.45) is 1.75. The molecule has 2 amide bonds. The van der Waals surface area contributed by atoms with E-state index in [9.17, 15) is 9.59 Å². The predicted molar refractivity (Wildman–Crippen MR) is 143 cm³/mol. The minimum atomic E-state index is -0.363. The predicted octanol–water partition coefficient (Wildman–Crippen LogP) is 5.03. The first-order valence-electron chi connectivity index (χ1n) is 11.9. The number of nitrogens with one attached hydrogen (secondary N) is 2. The van der Waals surface area contributed by atoms with Crippen LogP contribution in [0.1, 0.15) is 48.6 Å². The molecule has 0 aliphatic rings. The second-order valence-electron chi connectivity index (χ2n) is 8.60. The molecule has 1 aromatic heterocycles. The van der Waals surface area contributed by atoms with Crippen LogP contribution < -0.4 is 15.4 Å². The van der Waals surface area contributed by atoms with Crippen LogP contribution in [0, 0.1) is 12.8 Å². The van der Waals surface area contributed by atoms with E-state index in [0.717, 1.165) is 11.3 Å². The summed E-state index contributed by atoms with van der Waals surface area (Å²) in [5.74, 6) is 1.27. The van der Waals surface area contributed by atoms with Crippen molar-refractivity contribution in [2.75, 3.05) is 17.7 Å². The molecule has 3 rings (SSSR count). The average Bonchev–Trinajstić information content (AvgIpc) is 3.24. The minimum Gasteiger partial charge on any atom is -0.494 e. The van der Waals surface area contributed by atoms with Crippen LogP contribution in [0.4, 0.5) is 5.69 Å². The third-order valence-corrected chi connectivity index (χ3v) is 6.32. The fraction of sp³-hybridized carbons (Fsp3) is 0.333. The number of carbonyl (C=O) groups is 2. The normalized spacial score (nSPS) is 11.7. The summed E-state index contributed by atoms with van der Waals surface area (Å²) in [4.78, 5) is 25.5. The Morgan fingerprint density at radius 2 is 1.92 bits per heavy atom. The maximum atomic E-state index is 13.0. The summed E-state index contributed by atoms with van der Waals surface area (Å²) < 4.78 is 7.32. The number of amides is 2. The Hall–Kier alpha value is -3.59. The molecule has 8 nitrogen and oxygen atoms in total. The first-order valence-corrected chi connectivity index (χ1v) is 12.9. The van der Waals surface area contributed by atoms with Gasteiger partial charge in [-0.15, -0.1) is 16.8 Å². The smallest absolute Gasteiger partial charge is 0.251 e. The first kappa shape index (κ1) is 27.0. The zero-order valence-corrected chi connectivity index (χ0v) is 22.0. The molecule has 190 valence electrons. The fourth-order valence-corrected chi connectivity index (χ4v) is 4.36. The number of benzene rings is 2. The topological polar surface area (TPSA) is 98.1 Å². The molecule has 0 bridgehead atoms. The molecule has 0 fully saturated rings. The van der Waals surface area contributed by atoms with Crippen molar-refractivity contribution in [3.63, 3.8) is 0 Å². The number of anilines is 1. The lowest BCUT2D eigenvalue weighted by molar-refractivity contribution is -0.113. The first-order chi connectivity index (χ1) is 17.3.